The summed E-state index contributed by atoms with van der Waals surface area (Å²) in [6.45, 7) is 0.273. The number of benzene rings is 2. The molecule has 0 aliphatic carbocycles. The summed E-state index contributed by atoms with van der Waals surface area (Å²) in [4.78, 5) is 33.7. The van der Waals surface area contributed by atoms with Crippen molar-refractivity contribution in [1.29, 1.82) is 0 Å². The summed E-state index contributed by atoms with van der Waals surface area (Å²) < 4.78 is 3.28. The van der Waals surface area contributed by atoms with Gasteiger partial charge >= 0.3 is 6.09 Å². The largest absolute Gasteiger partial charge is 0.465 e. The van der Waals surface area contributed by atoms with Gasteiger partial charge in [0.25, 0.3) is 5.56 Å². The highest BCUT2D eigenvalue weighted by molar-refractivity contribution is 6.31. The van der Waals surface area contributed by atoms with Crippen molar-refractivity contribution in [2.24, 2.45) is 0 Å². The van der Waals surface area contributed by atoms with E-state index in [9.17, 15) is 14.7 Å². The van der Waals surface area contributed by atoms with Crippen LogP contribution in [0, 0.1) is 0 Å². The zero-order valence-corrected chi connectivity index (χ0v) is 21.7. The molecule has 13 heteroatoms. The van der Waals surface area contributed by atoms with Gasteiger partial charge in [-0.3, -0.25) is 9.69 Å². The first-order valence-electron chi connectivity index (χ1n) is 12.5. The molecule has 6 rings (SSSR count). The van der Waals surface area contributed by atoms with E-state index in [2.05, 4.69) is 25.5 Å². The van der Waals surface area contributed by atoms with Crippen molar-refractivity contribution in [3.8, 4) is 28.1 Å². The van der Waals surface area contributed by atoms with E-state index in [1.807, 2.05) is 6.07 Å². The Morgan fingerprint density at radius 3 is 2.67 bits per heavy atom. The molecule has 40 heavy (non-hydrogen) atoms. The Bertz CT molecular complexity index is 1750. The number of anilines is 1. The van der Waals surface area contributed by atoms with Crippen LogP contribution in [0.15, 0.2) is 71.9 Å². The lowest BCUT2D eigenvalue weighted by Crippen LogP contribution is -2.31. The van der Waals surface area contributed by atoms with E-state index < -0.39 is 6.09 Å². The maximum absolute atomic E-state index is 13.2. The number of aliphatic hydroxyl groups is 1. The summed E-state index contributed by atoms with van der Waals surface area (Å²) in [5, 5.41) is 30.5. The molecule has 5 aromatic rings. The molecule has 1 atom stereocenters. The average molecular weight is 559 g/mol. The quantitative estimate of drug-likeness (QED) is 0.274. The summed E-state index contributed by atoms with van der Waals surface area (Å²) in [7, 11) is 0. The van der Waals surface area contributed by atoms with Gasteiger partial charge in [-0.2, -0.15) is 4.68 Å². The second-order valence-corrected chi connectivity index (χ2v) is 9.74. The second-order valence-electron chi connectivity index (χ2n) is 9.30. The number of nitrogens with one attached hydrogen (secondary N) is 1. The number of hydrogen-bond acceptors (Lipinski definition) is 7. The fraction of sp³-hybridized carbons (Fsp3) is 0.185. The maximum atomic E-state index is 13.2. The number of aromatic amines is 1. The van der Waals surface area contributed by atoms with E-state index in [1.54, 1.807) is 59.3 Å². The van der Waals surface area contributed by atoms with Gasteiger partial charge in [0.05, 0.1) is 36.6 Å². The number of pyridine rings is 1. The lowest BCUT2D eigenvalue weighted by Gasteiger charge is -2.18. The van der Waals surface area contributed by atoms with Crippen LogP contribution in [0.2, 0.25) is 5.02 Å². The molecule has 0 radical (unpaired) electrons. The fourth-order valence-electron chi connectivity index (χ4n) is 5.11. The van der Waals surface area contributed by atoms with Gasteiger partial charge in [-0.1, -0.05) is 23.7 Å². The number of rotatable bonds is 7. The fourth-order valence-corrected chi connectivity index (χ4v) is 5.28. The summed E-state index contributed by atoms with van der Waals surface area (Å²) in [6, 6.07) is 15.9. The van der Waals surface area contributed by atoms with Gasteiger partial charge < -0.3 is 19.8 Å². The Labute approximate surface area is 232 Å². The topological polar surface area (TPSA) is 155 Å². The van der Waals surface area contributed by atoms with Crippen LogP contribution < -0.4 is 10.5 Å². The minimum atomic E-state index is -1.14. The van der Waals surface area contributed by atoms with Crippen LogP contribution in [0.1, 0.15) is 23.9 Å². The van der Waals surface area contributed by atoms with Crippen LogP contribution in [0.4, 0.5) is 10.5 Å². The summed E-state index contributed by atoms with van der Waals surface area (Å²) in [6.07, 6.45) is 2.78. The Hall–Kier alpha value is -4.81. The van der Waals surface area contributed by atoms with Gasteiger partial charge in [-0.05, 0) is 64.4 Å². The minimum Gasteiger partial charge on any atom is -0.465 e. The second kappa shape index (κ2) is 10.4. The first-order chi connectivity index (χ1) is 19.4. The molecule has 0 saturated carbocycles. The SMILES string of the molecule is O=C(O)N(CCO)c1ccc(-c2cnc(C3CCn4c3cc(-c3cc(Cl)ccc3-n3cnnn3)cc4=O)[nH]2)cc1. The summed E-state index contributed by atoms with van der Waals surface area (Å²) in [5.74, 6) is 0.588. The van der Waals surface area contributed by atoms with Crippen LogP contribution in [0.5, 0.6) is 0 Å². The summed E-state index contributed by atoms with van der Waals surface area (Å²) in [5.41, 5.74) is 4.88. The van der Waals surface area contributed by atoms with Gasteiger partial charge in [-0.15, -0.1) is 5.10 Å². The van der Waals surface area contributed by atoms with Crippen molar-refractivity contribution in [1.82, 2.24) is 34.7 Å². The molecule has 3 N–H and O–H groups in total. The Balaban J connectivity index is 1.33. The molecule has 0 fully saturated rings. The first-order valence-corrected chi connectivity index (χ1v) is 12.9. The van der Waals surface area contributed by atoms with E-state index in [0.717, 1.165) is 33.2 Å². The average Bonchev–Trinajstić information content (AvgIpc) is 3.73. The standard InChI is InChI=1S/C27H23ClN8O4/c28-18-3-6-23(36-15-30-32-33-36)21(13-18)17-11-24-20(7-8-35(24)25(38)12-17)26-29-14-22(31-26)16-1-4-19(5-2-16)34(9-10-37)27(39)40/h1-6,11-15,20,37H,7-10H2,(H,29,31)(H,39,40). The third-order valence-corrected chi connectivity index (χ3v) is 7.23. The van der Waals surface area contributed by atoms with Crippen molar-refractivity contribution in [3.63, 3.8) is 0 Å². The number of aliphatic hydroxyl groups excluding tert-OH is 1. The Kier molecular flexibility index (Phi) is 6.62. The smallest absolute Gasteiger partial charge is 0.411 e. The van der Waals surface area contributed by atoms with Crippen LogP contribution in [-0.4, -0.2) is 64.2 Å². The van der Waals surface area contributed by atoms with E-state index in [4.69, 9.17) is 16.7 Å². The van der Waals surface area contributed by atoms with Gasteiger partial charge in [0, 0.05) is 34.6 Å². The van der Waals surface area contributed by atoms with Crippen molar-refractivity contribution in [2.45, 2.75) is 18.9 Å². The van der Waals surface area contributed by atoms with Crippen molar-refractivity contribution in [3.05, 3.63) is 94.0 Å². The molecule has 0 spiro atoms. The van der Waals surface area contributed by atoms with E-state index >= 15 is 0 Å². The van der Waals surface area contributed by atoms with Crippen molar-refractivity contribution < 1.29 is 15.0 Å². The zero-order chi connectivity index (χ0) is 27.8. The third kappa shape index (κ3) is 4.63. The van der Waals surface area contributed by atoms with E-state index in [0.29, 0.717) is 34.9 Å². The molecule has 1 unspecified atom stereocenters. The third-order valence-electron chi connectivity index (χ3n) is 6.99. The van der Waals surface area contributed by atoms with E-state index in [1.165, 1.54) is 11.0 Å². The first kappa shape index (κ1) is 25.5. The number of hydrogen-bond donors (Lipinski definition) is 3. The highest BCUT2D eigenvalue weighted by Crippen LogP contribution is 2.36. The molecule has 1 aliphatic heterocycles. The lowest BCUT2D eigenvalue weighted by atomic mass is 9.98. The van der Waals surface area contributed by atoms with Crippen molar-refractivity contribution in [2.75, 3.05) is 18.1 Å². The normalized spacial score (nSPS) is 14.3. The highest BCUT2D eigenvalue weighted by Gasteiger charge is 2.28. The molecule has 12 nitrogen and oxygen atoms in total. The maximum Gasteiger partial charge on any atom is 0.411 e. The van der Waals surface area contributed by atoms with Crippen LogP contribution in [-0.2, 0) is 6.54 Å². The molecule has 1 aliphatic rings. The predicted molar refractivity (Wildman–Crippen MR) is 147 cm³/mol. The van der Waals surface area contributed by atoms with Gasteiger partial charge in [-0.25, -0.2) is 9.78 Å². The van der Waals surface area contributed by atoms with E-state index in [-0.39, 0.29) is 24.6 Å². The van der Waals surface area contributed by atoms with Crippen LogP contribution in [0.3, 0.4) is 0 Å². The molecule has 1 amide bonds. The van der Waals surface area contributed by atoms with Gasteiger partial charge in [0.2, 0.25) is 0 Å². The molecule has 2 aromatic carbocycles. The highest BCUT2D eigenvalue weighted by atomic mass is 35.5. The number of halogens is 1. The Morgan fingerprint density at radius 1 is 1.12 bits per heavy atom. The molecule has 4 heterocycles. The van der Waals surface area contributed by atoms with Gasteiger partial charge in [0.1, 0.15) is 12.2 Å². The number of aromatic nitrogens is 7. The van der Waals surface area contributed by atoms with Crippen LogP contribution in [0.25, 0.3) is 28.1 Å². The molecule has 3 aromatic heterocycles. The van der Waals surface area contributed by atoms with Gasteiger partial charge in [0.15, 0.2) is 0 Å². The number of amides is 1. The number of carboxylic acid groups (broad SMARTS) is 1. The molecular weight excluding hydrogens is 536 g/mol. The molecule has 202 valence electrons. The number of nitrogens with zero attached hydrogens (tertiary/aromatic N) is 7. The zero-order valence-electron chi connectivity index (χ0n) is 21.0. The summed E-state index contributed by atoms with van der Waals surface area (Å²) >= 11 is 6.33. The minimum absolute atomic E-state index is 0.0161. The number of fused-ring (bicyclic) bond motifs is 1. The monoisotopic (exact) mass is 558 g/mol. The number of carbonyl (C=O) groups is 1. The Morgan fingerprint density at radius 2 is 1.95 bits per heavy atom. The lowest BCUT2D eigenvalue weighted by molar-refractivity contribution is 0.198. The molecule has 0 saturated heterocycles. The van der Waals surface area contributed by atoms with Crippen molar-refractivity contribution >= 4 is 23.4 Å². The number of tetrazole rings is 1. The predicted octanol–water partition coefficient (Wildman–Crippen LogP) is 3.55. The molecule has 0 bridgehead atoms. The van der Waals surface area contributed by atoms with Crippen LogP contribution >= 0.6 is 11.6 Å². The number of imidazole rings is 1. The molecular formula is C27H23ClN8O4. The number of H-pyrrole nitrogens is 1.